The average Bonchev–Trinajstić information content (AvgIpc) is 3.06. The number of hydrogen-bond acceptors (Lipinski definition) is 5. The molecule has 0 aliphatic carbocycles. The summed E-state index contributed by atoms with van der Waals surface area (Å²) in [4.78, 5) is 12.4. The summed E-state index contributed by atoms with van der Waals surface area (Å²) >= 11 is 0. The van der Waals surface area contributed by atoms with Gasteiger partial charge in [-0.1, -0.05) is 23.8 Å². The van der Waals surface area contributed by atoms with E-state index in [1.807, 2.05) is 19.1 Å². The molecule has 7 nitrogen and oxygen atoms in total. The van der Waals surface area contributed by atoms with Gasteiger partial charge in [0.25, 0.3) is 15.9 Å². The van der Waals surface area contributed by atoms with E-state index in [1.165, 1.54) is 18.2 Å². The van der Waals surface area contributed by atoms with Gasteiger partial charge in [0.15, 0.2) is 0 Å². The van der Waals surface area contributed by atoms with E-state index in [9.17, 15) is 18.3 Å². The number of carbonyl (C=O) groups is 1. The molecule has 1 amide bonds. The molecule has 2 atom stereocenters. The van der Waals surface area contributed by atoms with Crippen molar-refractivity contribution in [1.29, 1.82) is 0 Å². The van der Waals surface area contributed by atoms with Gasteiger partial charge in [0, 0.05) is 36.8 Å². The molecule has 0 bridgehead atoms. The normalized spacial score (nSPS) is 18.9. The Morgan fingerprint density at radius 3 is 2.54 bits per heavy atom. The highest BCUT2D eigenvalue weighted by Gasteiger charge is 2.25. The number of amides is 1. The third-order valence-electron chi connectivity index (χ3n) is 4.54. The standard InChI is InChI=1S/C19H23N3O4S.ClH/c1-13-5-7-16(8-6-13)22-27(25,26)17-4-2-3-14(9-17)19(24)21-11-15-10-20-12-18(15)23;/h2-9,15,18,20,22-23H,10-12H2,1H3,(H,21,24);1H. The summed E-state index contributed by atoms with van der Waals surface area (Å²) < 4.78 is 27.7. The maximum Gasteiger partial charge on any atom is 0.261 e. The van der Waals surface area contributed by atoms with Crippen molar-refractivity contribution in [3.05, 3.63) is 59.7 Å². The molecule has 4 N–H and O–H groups in total. The van der Waals surface area contributed by atoms with Gasteiger partial charge >= 0.3 is 0 Å². The van der Waals surface area contributed by atoms with Crippen molar-refractivity contribution < 1.29 is 18.3 Å². The Morgan fingerprint density at radius 2 is 1.89 bits per heavy atom. The number of sulfonamides is 1. The molecule has 1 heterocycles. The molecule has 2 aromatic carbocycles. The lowest BCUT2D eigenvalue weighted by Crippen LogP contribution is -2.34. The summed E-state index contributed by atoms with van der Waals surface area (Å²) in [6.45, 7) is 3.39. The van der Waals surface area contributed by atoms with E-state index < -0.39 is 16.1 Å². The summed E-state index contributed by atoms with van der Waals surface area (Å²) in [5.41, 5.74) is 1.74. The first-order valence-electron chi connectivity index (χ1n) is 8.72. The lowest BCUT2D eigenvalue weighted by molar-refractivity contribution is 0.0927. The Hall–Kier alpha value is -2.13. The quantitative estimate of drug-likeness (QED) is 0.561. The fourth-order valence-corrected chi connectivity index (χ4v) is 4.00. The number of nitrogens with one attached hydrogen (secondary N) is 3. The van der Waals surface area contributed by atoms with Crippen LogP contribution in [0.2, 0.25) is 0 Å². The summed E-state index contributed by atoms with van der Waals surface area (Å²) in [7, 11) is -3.80. The van der Waals surface area contributed by atoms with Gasteiger partial charge in [0.05, 0.1) is 11.0 Å². The van der Waals surface area contributed by atoms with E-state index in [4.69, 9.17) is 0 Å². The number of benzene rings is 2. The van der Waals surface area contributed by atoms with Crippen LogP contribution in [0.25, 0.3) is 0 Å². The Balaban J connectivity index is 0.00000280. The van der Waals surface area contributed by atoms with Gasteiger partial charge in [-0.05, 0) is 37.3 Å². The first-order chi connectivity index (χ1) is 12.8. The predicted octanol–water partition coefficient (Wildman–Crippen LogP) is 1.53. The highest BCUT2D eigenvalue weighted by molar-refractivity contribution is 7.92. The van der Waals surface area contributed by atoms with Crippen molar-refractivity contribution in [1.82, 2.24) is 10.6 Å². The van der Waals surface area contributed by atoms with E-state index in [-0.39, 0.29) is 34.7 Å². The maximum absolute atomic E-state index is 12.6. The first-order valence-corrected chi connectivity index (χ1v) is 10.2. The lowest BCUT2D eigenvalue weighted by Gasteiger charge is -2.14. The molecule has 1 fully saturated rings. The fraction of sp³-hybridized carbons (Fsp3) is 0.316. The van der Waals surface area contributed by atoms with Crippen molar-refractivity contribution in [3.63, 3.8) is 0 Å². The van der Waals surface area contributed by atoms with Crippen LogP contribution < -0.4 is 15.4 Å². The SMILES string of the molecule is Cc1ccc(NS(=O)(=O)c2cccc(C(=O)NCC3CNCC3O)c2)cc1.Cl. The van der Waals surface area contributed by atoms with E-state index >= 15 is 0 Å². The zero-order valence-electron chi connectivity index (χ0n) is 15.4. The van der Waals surface area contributed by atoms with E-state index in [0.717, 1.165) is 5.56 Å². The number of rotatable bonds is 6. The highest BCUT2D eigenvalue weighted by Crippen LogP contribution is 2.18. The Kier molecular flexibility index (Phi) is 7.42. The van der Waals surface area contributed by atoms with Crippen LogP contribution in [0.5, 0.6) is 0 Å². The monoisotopic (exact) mass is 425 g/mol. The van der Waals surface area contributed by atoms with Crippen molar-refractivity contribution in [3.8, 4) is 0 Å². The summed E-state index contributed by atoms with van der Waals surface area (Å²) in [6, 6.07) is 12.9. The van der Waals surface area contributed by atoms with Crippen LogP contribution in [-0.2, 0) is 10.0 Å². The van der Waals surface area contributed by atoms with Crippen molar-refractivity contribution >= 4 is 34.0 Å². The van der Waals surface area contributed by atoms with E-state index in [1.54, 1.807) is 18.2 Å². The topological polar surface area (TPSA) is 108 Å². The van der Waals surface area contributed by atoms with Crippen LogP contribution in [0.1, 0.15) is 15.9 Å². The van der Waals surface area contributed by atoms with Crippen LogP contribution in [-0.4, -0.2) is 45.2 Å². The number of carbonyl (C=O) groups excluding carboxylic acids is 1. The average molecular weight is 426 g/mol. The number of aryl methyl sites for hydroxylation is 1. The summed E-state index contributed by atoms with van der Waals surface area (Å²) in [6.07, 6.45) is -0.490. The summed E-state index contributed by atoms with van der Waals surface area (Å²) in [5.74, 6) is -0.425. The Bertz CT molecular complexity index is 919. The molecule has 0 spiro atoms. The van der Waals surface area contributed by atoms with Crippen molar-refractivity contribution in [2.24, 2.45) is 5.92 Å². The lowest BCUT2D eigenvalue weighted by atomic mass is 10.1. The van der Waals surface area contributed by atoms with Crippen molar-refractivity contribution in [2.45, 2.75) is 17.9 Å². The van der Waals surface area contributed by atoms with Gasteiger partial charge in [-0.2, -0.15) is 0 Å². The van der Waals surface area contributed by atoms with E-state index in [0.29, 0.717) is 25.3 Å². The molecule has 152 valence electrons. The number of anilines is 1. The largest absolute Gasteiger partial charge is 0.391 e. The first kappa shape index (κ1) is 22.2. The predicted molar refractivity (Wildman–Crippen MR) is 110 cm³/mol. The fourth-order valence-electron chi connectivity index (χ4n) is 2.89. The number of aliphatic hydroxyl groups is 1. The van der Waals surface area contributed by atoms with Gasteiger partial charge in [-0.25, -0.2) is 8.42 Å². The molecule has 1 aliphatic heterocycles. The molecule has 28 heavy (non-hydrogen) atoms. The maximum atomic E-state index is 12.6. The zero-order chi connectivity index (χ0) is 19.4. The molecule has 1 aliphatic rings. The second-order valence-electron chi connectivity index (χ2n) is 6.70. The van der Waals surface area contributed by atoms with Gasteiger partial charge in [-0.15, -0.1) is 12.4 Å². The minimum Gasteiger partial charge on any atom is -0.391 e. The molecule has 2 unspecified atom stereocenters. The molecule has 9 heteroatoms. The third kappa shape index (κ3) is 5.45. The van der Waals surface area contributed by atoms with Gasteiger partial charge in [0.1, 0.15) is 0 Å². The summed E-state index contributed by atoms with van der Waals surface area (Å²) in [5, 5.41) is 15.6. The minimum atomic E-state index is -3.80. The molecule has 1 saturated heterocycles. The molecule has 0 saturated carbocycles. The second-order valence-corrected chi connectivity index (χ2v) is 8.38. The number of halogens is 1. The third-order valence-corrected chi connectivity index (χ3v) is 5.92. The van der Waals surface area contributed by atoms with Crippen LogP contribution in [0.3, 0.4) is 0 Å². The molecule has 3 rings (SSSR count). The molecular weight excluding hydrogens is 402 g/mol. The van der Waals surface area contributed by atoms with Crippen LogP contribution >= 0.6 is 12.4 Å². The Labute approximate surface area is 171 Å². The number of aliphatic hydroxyl groups excluding tert-OH is 1. The Morgan fingerprint density at radius 1 is 1.18 bits per heavy atom. The minimum absolute atomic E-state index is 0. The number of β-amino-alcohol motifs (C(OH)–C–C–N with tert-alkyl or cyclic N) is 1. The van der Waals surface area contributed by atoms with E-state index in [2.05, 4.69) is 15.4 Å². The van der Waals surface area contributed by atoms with Crippen LogP contribution in [0, 0.1) is 12.8 Å². The molecule has 0 aromatic heterocycles. The van der Waals surface area contributed by atoms with Gasteiger partial charge in [-0.3, -0.25) is 9.52 Å². The molecule has 0 radical (unpaired) electrons. The highest BCUT2D eigenvalue weighted by atomic mass is 35.5. The van der Waals surface area contributed by atoms with Gasteiger partial charge < -0.3 is 15.7 Å². The van der Waals surface area contributed by atoms with Crippen LogP contribution in [0.4, 0.5) is 5.69 Å². The zero-order valence-corrected chi connectivity index (χ0v) is 17.0. The number of hydrogen-bond donors (Lipinski definition) is 4. The molecular formula is C19H24ClN3O4S. The second kappa shape index (κ2) is 9.38. The smallest absolute Gasteiger partial charge is 0.261 e. The molecule has 2 aromatic rings. The van der Waals surface area contributed by atoms with Crippen LogP contribution in [0.15, 0.2) is 53.4 Å². The van der Waals surface area contributed by atoms with Gasteiger partial charge in [0.2, 0.25) is 0 Å². The van der Waals surface area contributed by atoms with Crippen molar-refractivity contribution in [2.75, 3.05) is 24.4 Å².